The van der Waals surface area contributed by atoms with Crippen LogP contribution in [0.25, 0.3) is 16.3 Å². The molecule has 47 heavy (non-hydrogen) atoms. The maximum absolute atomic E-state index is 12.9. The van der Waals surface area contributed by atoms with Gasteiger partial charge in [0.25, 0.3) is 5.91 Å². The standard InChI is InChI=1S/C29H23Cl2F3N4OS2.C5H11N/c30-19-10-13-24(23(31)15-19)38-27(22(26(37-38)28(35)39)16-36-41-21-3-1-2-4-21)25-14-12-20(40-25)11-7-17-5-8-18(9-6-17)29(32,33)34;1-2-4-6-5-3-1/h5-6,8-10,12-15,21,36H,1-4,16H2,(H2,35,39);6H,1-5H2. The number of nitrogens with zero attached hydrogens (tertiary/aromatic N) is 2. The Labute approximate surface area is 290 Å². The van der Waals surface area contributed by atoms with E-state index in [4.69, 9.17) is 28.9 Å². The van der Waals surface area contributed by atoms with Crippen LogP contribution in [0.1, 0.15) is 77.0 Å². The fourth-order valence-corrected chi connectivity index (χ4v) is 7.78. The molecule has 13 heteroatoms. The summed E-state index contributed by atoms with van der Waals surface area (Å²) in [6.45, 7) is 2.84. The lowest BCUT2D eigenvalue weighted by Crippen LogP contribution is -2.21. The van der Waals surface area contributed by atoms with Crippen LogP contribution in [0, 0.1) is 11.8 Å². The van der Waals surface area contributed by atoms with Gasteiger partial charge in [0.05, 0.1) is 31.7 Å². The van der Waals surface area contributed by atoms with E-state index in [0.717, 1.165) is 29.9 Å². The maximum atomic E-state index is 12.9. The Morgan fingerprint density at radius 2 is 1.74 bits per heavy atom. The number of carbonyl (C=O) groups is 1. The number of alkyl halides is 3. The van der Waals surface area contributed by atoms with Crippen molar-refractivity contribution in [3.8, 4) is 28.1 Å². The number of halogens is 5. The number of benzene rings is 2. The van der Waals surface area contributed by atoms with Crippen LogP contribution in [0.3, 0.4) is 0 Å². The Morgan fingerprint density at radius 3 is 2.34 bits per heavy atom. The fraction of sp³-hybridized carbons (Fsp3) is 0.353. The lowest BCUT2D eigenvalue weighted by molar-refractivity contribution is -0.137. The van der Waals surface area contributed by atoms with E-state index in [1.54, 1.807) is 34.8 Å². The van der Waals surface area contributed by atoms with Crippen LogP contribution >= 0.6 is 46.5 Å². The zero-order valence-corrected chi connectivity index (χ0v) is 28.6. The van der Waals surface area contributed by atoms with Gasteiger partial charge in [-0.05, 0) is 93.4 Å². The monoisotopic (exact) mass is 719 g/mol. The van der Waals surface area contributed by atoms with E-state index in [2.05, 4.69) is 27.0 Å². The highest BCUT2D eigenvalue weighted by Gasteiger charge is 2.30. The van der Waals surface area contributed by atoms with Crippen molar-refractivity contribution in [2.75, 3.05) is 13.1 Å². The van der Waals surface area contributed by atoms with Crippen LogP contribution in [0.2, 0.25) is 10.0 Å². The normalized spacial score (nSPS) is 15.1. The van der Waals surface area contributed by atoms with Gasteiger partial charge < -0.3 is 11.1 Å². The number of carbonyl (C=O) groups excluding carboxylic acids is 1. The number of piperidine rings is 1. The van der Waals surface area contributed by atoms with E-state index in [1.165, 1.54) is 68.7 Å². The predicted octanol–water partition coefficient (Wildman–Crippen LogP) is 8.87. The SMILES string of the molecule is C1CCNCC1.NC(=O)c1nn(-c2ccc(Cl)cc2Cl)c(-c2ccc(C#Cc3ccc(C(F)(F)F)cc3)s2)c1CNSC1CCCC1. The molecule has 0 atom stereocenters. The molecular formula is C34H34Cl2F3N5OS2. The molecule has 1 aliphatic heterocycles. The summed E-state index contributed by atoms with van der Waals surface area (Å²) in [6.07, 6.45) is 4.49. The molecule has 0 bridgehead atoms. The van der Waals surface area contributed by atoms with Gasteiger partial charge >= 0.3 is 6.18 Å². The van der Waals surface area contributed by atoms with Crippen molar-refractivity contribution in [1.82, 2.24) is 19.8 Å². The van der Waals surface area contributed by atoms with Crippen LogP contribution in [-0.2, 0) is 12.7 Å². The van der Waals surface area contributed by atoms with Gasteiger partial charge in [-0.3, -0.25) is 9.52 Å². The van der Waals surface area contributed by atoms with Gasteiger partial charge in [0.2, 0.25) is 0 Å². The second-order valence-corrected chi connectivity index (χ2v) is 14.3. The lowest BCUT2D eigenvalue weighted by atomic mass is 10.1. The number of thiophene rings is 1. The Balaban J connectivity index is 0.000000650. The summed E-state index contributed by atoms with van der Waals surface area (Å²) < 4.78 is 43.6. The summed E-state index contributed by atoms with van der Waals surface area (Å²) in [7, 11) is 0. The van der Waals surface area contributed by atoms with E-state index in [9.17, 15) is 18.0 Å². The molecule has 0 unspecified atom stereocenters. The van der Waals surface area contributed by atoms with Gasteiger partial charge in [0, 0.05) is 27.9 Å². The Bertz CT molecular complexity index is 1720. The average molecular weight is 721 g/mol. The van der Waals surface area contributed by atoms with E-state index in [0.29, 0.717) is 49.2 Å². The zero-order chi connectivity index (χ0) is 33.4. The van der Waals surface area contributed by atoms with E-state index in [1.807, 2.05) is 12.1 Å². The van der Waals surface area contributed by atoms with Crippen molar-refractivity contribution in [2.24, 2.45) is 5.73 Å². The Hall–Kier alpha value is -2.98. The van der Waals surface area contributed by atoms with Crippen molar-refractivity contribution in [1.29, 1.82) is 0 Å². The summed E-state index contributed by atoms with van der Waals surface area (Å²) in [6, 6.07) is 13.4. The van der Waals surface area contributed by atoms with Gasteiger partial charge in [0.1, 0.15) is 0 Å². The maximum Gasteiger partial charge on any atom is 0.416 e. The first-order chi connectivity index (χ1) is 22.6. The largest absolute Gasteiger partial charge is 0.416 e. The molecule has 4 aromatic rings. The highest BCUT2D eigenvalue weighted by atomic mass is 35.5. The summed E-state index contributed by atoms with van der Waals surface area (Å²) in [5.41, 5.74) is 7.40. The topological polar surface area (TPSA) is 85.0 Å². The molecule has 6 nitrogen and oxygen atoms in total. The summed E-state index contributed by atoms with van der Waals surface area (Å²) >= 11 is 15.7. The number of primary amides is 1. The number of aromatic nitrogens is 2. The molecule has 248 valence electrons. The number of rotatable bonds is 7. The van der Waals surface area contributed by atoms with Gasteiger partial charge in [0.15, 0.2) is 5.69 Å². The van der Waals surface area contributed by atoms with Crippen molar-refractivity contribution in [3.63, 3.8) is 0 Å². The second kappa shape index (κ2) is 16.4. The van der Waals surface area contributed by atoms with Crippen molar-refractivity contribution >= 4 is 52.4 Å². The number of nitrogens with two attached hydrogens (primary N) is 1. The van der Waals surface area contributed by atoms with Crippen molar-refractivity contribution in [2.45, 2.75) is 62.9 Å². The smallest absolute Gasteiger partial charge is 0.364 e. The molecule has 3 heterocycles. The summed E-state index contributed by atoms with van der Waals surface area (Å²) in [5.74, 6) is 5.26. The van der Waals surface area contributed by atoms with Crippen LogP contribution in [-0.4, -0.2) is 34.0 Å². The molecule has 0 spiro atoms. The molecule has 0 radical (unpaired) electrons. The summed E-state index contributed by atoms with van der Waals surface area (Å²) in [5, 5.41) is 9.16. The van der Waals surface area contributed by atoms with E-state index < -0.39 is 17.6 Å². The molecule has 1 amide bonds. The molecule has 1 saturated heterocycles. The third kappa shape index (κ3) is 9.56. The van der Waals surface area contributed by atoms with Crippen molar-refractivity contribution in [3.05, 3.63) is 91.9 Å². The average Bonchev–Trinajstić information content (AvgIpc) is 3.82. The summed E-state index contributed by atoms with van der Waals surface area (Å²) in [4.78, 5) is 14.0. The molecular weight excluding hydrogens is 686 g/mol. The first-order valence-corrected chi connectivity index (χ1v) is 17.8. The number of nitrogens with one attached hydrogen (secondary N) is 2. The molecule has 1 saturated carbocycles. The third-order valence-corrected chi connectivity index (χ3v) is 10.4. The highest BCUT2D eigenvalue weighted by molar-refractivity contribution is 7.98. The minimum absolute atomic E-state index is 0.122. The van der Waals surface area contributed by atoms with Crippen LogP contribution < -0.4 is 15.8 Å². The molecule has 2 aromatic carbocycles. The minimum atomic E-state index is -4.41. The molecule has 2 aliphatic rings. The molecule has 1 aliphatic carbocycles. The van der Waals surface area contributed by atoms with Crippen LogP contribution in [0.15, 0.2) is 54.6 Å². The Kier molecular flexibility index (Phi) is 12.3. The molecule has 4 N–H and O–H groups in total. The van der Waals surface area contributed by atoms with Gasteiger partial charge in [-0.15, -0.1) is 11.3 Å². The number of hydrogen-bond acceptors (Lipinski definition) is 6. The Morgan fingerprint density at radius 1 is 1.02 bits per heavy atom. The third-order valence-electron chi connectivity index (χ3n) is 7.74. The highest BCUT2D eigenvalue weighted by Crippen LogP contribution is 2.37. The van der Waals surface area contributed by atoms with Gasteiger partial charge in [-0.1, -0.05) is 66.3 Å². The zero-order valence-electron chi connectivity index (χ0n) is 25.4. The first-order valence-electron chi connectivity index (χ1n) is 15.4. The van der Waals surface area contributed by atoms with E-state index >= 15 is 0 Å². The van der Waals surface area contributed by atoms with Gasteiger partial charge in [-0.25, -0.2) is 4.68 Å². The molecule has 2 fully saturated rings. The van der Waals surface area contributed by atoms with Crippen LogP contribution in [0.5, 0.6) is 0 Å². The van der Waals surface area contributed by atoms with Crippen molar-refractivity contribution < 1.29 is 18.0 Å². The fourth-order valence-electron chi connectivity index (χ4n) is 5.34. The lowest BCUT2D eigenvalue weighted by Gasteiger charge is -2.12. The van der Waals surface area contributed by atoms with Crippen LogP contribution in [0.4, 0.5) is 13.2 Å². The quantitative estimate of drug-likeness (QED) is 0.131. The minimum Gasteiger partial charge on any atom is -0.364 e. The number of amides is 1. The predicted molar refractivity (Wildman–Crippen MR) is 186 cm³/mol. The number of hydrogen-bond donors (Lipinski definition) is 3. The second-order valence-electron chi connectivity index (χ2n) is 11.2. The molecule has 6 rings (SSSR count). The van der Waals surface area contributed by atoms with E-state index in [-0.39, 0.29) is 5.69 Å². The first kappa shape index (κ1) is 35.3. The molecule has 2 aromatic heterocycles. The van der Waals surface area contributed by atoms with Gasteiger partial charge in [-0.2, -0.15) is 18.3 Å².